The first-order chi connectivity index (χ1) is 12.9. The highest BCUT2D eigenvalue weighted by atomic mass is 16.5. The fourth-order valence-corrected chi connectivity index (χ4v) is 2.85. The number of hydrogen-bond acceptors (Lipinski definition) is 7. The van der Waals surface area contributed by atoms with Crippen LogP contribution in [0, 0.1) is 12.8 Å². The summed E-state index contributed by atoms with van der Waals surface area (Å²) in [5.74, 6) is 0.172. The topological polar surface area (TPSA) is 113 Å². The molecule has 27 heavy (non-hydrogen) atoms. The standard InChI is InChI=1S/C18H24N6O3/c1-11(2)16(23-17(26)14-10-19-12(3)9-20-14)13-8-15(25)22-18(21-13)24-4-6-27-7-5-24/h8-11,16H,4-7H2,1-3H3,(H,23,26)(H,21,22,25). The lowest BCUT2D eigenvalue weighted by molar-refractivity contribution is 0.0918. The molecule has 1 unspecified atom stereocenters. The lowest BCUT2D eigenvalue weighted by atomic mass is 10.0. The second-order valence-electron chi connectivity index (χ2n) is 6.83. The van der Waals surface area contributed by atoms with Crippen molar-refractivity contribution in [2.75, 3.05) is 31.2 Å². The molecule has 2 aromatic heterocycles. The number of nitrogens with one attached hydrogen (secondary N) is 2. The van der Waals surface area contributed by atoms with Gasteiger partial charge in [-0.3, -0.25) is 19.6 Å². The molecule has 3 rings (SSSR count). The van der Waals surface area contributed by atoms with Gasteiger partial charge in [-0.2, -0.15) is 0 Å². The van der Waals surface area contributed by atoms with Gasteiger partial charge < -0.3 is 15.0 Å². The molecular weight excluding hydrogens is 348 g/mol. The van der Waals surface area contributed by atoms with Crippen molar-refractivity contribution < 1.29 is 9.53 Å². The highest BCUT2D eigenvalue weighted by Crippen LogP contribution is 2.21. The number of rotatable bonds is 5. The van der Waals surface area contributed by atoms with Crippen LogP contribution in [0.15, 0.2) is 23.3 Å². The molecule has 0 radical (unpaired) electrons. The van der Waals surface area contributed by atoms with Crippen LogP contribution in [0.2, 0.25) is 0 Å². The van der Waals surface area contributed by atoms with Gasteiger partial charge in [0.15, 0.2) is 0 Å². The number of nitrogens with zero attached hydrogens (tertiary/aromatic N) is 4. The van der Waals surface area contributed by atoms with Gasteiger partial charge in [0.25, 0.3) is 11.5 Å². The van der Waals surface area contributed by atoms with E-state index in [0.29, 0.717) is 37.9 Å². The second kappa shape index (κ2) is 8.26. The van der Waals surface area contributed by atoms with E-state index in [4.69, 9.17) is 4.74 Å². The van der Waals surface area contributed by atoms with Crippen molar-refractivity contribution in [3.05, 3.63) is 45.9 Å². The zero-order chi connectivity index (χ0) is 19.4. The monoisotopic (exact) mass is 372 g/mol. The molecule has 3 heterocycles. The lowest BCUT2D eigenvalue weighted by Crippen LogP contribution is -2.39. The summed E-state index contributed by atoms with van der Waals surface area (Å²) in [5, 5.41) is 2.93. The fraction of sp³-hybridized carbons (Fsp3) is 0.500. The first kappa shape index (κ1) is 19.0. The van der Waals surface area contributed by atoms with Crippen LogP contribution in [0.1, 0.15) is 41.8 Å². The molecule has 2 N–H and O–H groups in total. The molecule has 1 fully saturated rings. The first-order valence-corrected chi connectivity index (χ1v) is 8.97. The highest BCUT2D eigenvalue weighted by Gasteiger charge is 2.23. The van der Waals surface area contributed by atoms with Crippen molar-refractivity contribution in [2.24, 2.45) is 5.92 Å². The molecule has 1 atom stereocenters. The molecule has 0 spiro atoms. The molecule has 2 aromatic rings. The van der Waals surface area contributed by atoms with Gasteiger partial charge in [-0.15, -0.1) is 0 Å². The largest absolute Gasteiger partial charge is 0.378 e. The van der Waals surface area contributed by atoms with Crippen LogP contribution in [0.3, 0.4) is 0 Å². The van der Waals surface area contributed by atoms with E-state index in [9.17, 15) is 9.59 Å². The minimum atomic E-state index is -0.428. The number of carbonyl (C=O) groups is 1. The lowest BCUT2D eigenvalue weighted by Gasteiger charge is -2.28. The molecule has 9 heteroatoms. The van der Waals surface area contributed by atoms with Gasteiger partial charge in [0.05, 0.1) is 36.8 Å². The zero-order valence-corrected chi connectivity index (χ0v) is 15.7. The van der Waals surface area contributed by atoms with E-state index in [1.807, 2.05) is 18.7 Å². The molecule has 0 aliphatic carbocycles. The number of aryl methyl sites for hydroxylation is 1. The molecule has 1 saturated heterocycles. The average Bonchev–Trinajstić information content (AvgIpc) is 2.66. The number of H-pyrrole nitrogens is 1. The van der Waals surface area contributed by atoms with E-state index in [2.05, 4.69) is 25.3 Å². The number of carbonyl (C=O) groups excluding carboxylic acids is 1. The van der Waals surface area contributed by atoms with Crippen LogP contribution in [-0.2, 0) is 4.74 Å². The summed E-state index contributed by atoms with van der Waals surface area (Å²) < 4.78 is 5.35. The van der Waals surface area contributed by atoms with E-state index in [1.54, 1.807) is 13.1 Å². The van der Waals surface area contributed by atoms with E-state index in [0.717, 1.165) is 5.69 Å². The van der Waals surface area contributed by atoms with Gasteiger partial charge in [0.1, 0.15) is 5.69 Å². The summed E-state index contributed by atoms with van der Waals surface area (Å²) in [6.07, 6.45) is 2.98. The van der Waals surface area contributed by atoms with Gasteiger partial charge in [0, 0.05) is 25.4 Å². The molecular formula is C18H24N6O3. The number of morpholine rings is 1. The molecule has 144 valence electrons. The highest BCUT2D eigenvalue weighted by molar-refractivity contribution is 5.92. The number of anilines is 1. The second-order valence-corrected chi connectivity index (χ2v) is 6.83. The van der Waals surface area contributed by atoms with Gasteiger partial charge in [-0.25, -0.2) is 9.97 Å². The molecule has 0 saturated carbocycles. The van der Waals surface area contributed by atoms with Crippen LogP contribution in [0.4, 0.5) is 5.95 Å². The maximum absolute atomic E-state index is 12.6. The van der Waals surface area contributed by atoms with Crippen molar-refractivity contribution >= 4 is 11.9 Å². The average molecular weight is 372 g/mol. The third-order valence-corrected chi connectivity index (χ3v) is 4.35. The summed E-state index contributed by atoms with van der Waals surface area (Å²) in [7, 11) is 0. The Bertz CT molecular complexity index is 843. The maximum Gasteiger partial charge on any atom is 0.272 e. The minimum Gasteiger partial charge on any atom is -0.378 e. The van der Waals surface area contributed by atoms with Crippen LogP contribution >= 0.6 is 0 Å². The van der Waals surface area contributed by atoms with Crippen LogP contribution < -0.4 is 15.8 Å². The molecule has 0 bridgehead atoms. The van der Waals surface area contributed by atoms with E-state index in [1.165, 1.54) is 12.3 Å². The van der Waals surface area contributed by atoms with Crippen molar-refractivity contribution in [1.29, 1.82) is 0 Å². The van der Waals surface area contributed by atoms with Gasteiger partial charge >= 0.3 is 0 Å². The predicted molar refractivity (Wildman–Crippen MR) is 99.7 cm³/mol. The van der Waals surface area contributed by atoms with Crippen molar-refractivity contribution in [1.82, 2.24) is 25.3 Å². The SMILES string of the molecule is Cc1cnc(C(=O)NC(c2cc(=O)[nH]c(N3CCOCC3)n2)C(C)C)cn1. The quantitative estimate of drug-likeness (QED) is 0.799. The third kappa shape index (κ3) is 4.68. The van der Waals surface area contributed by atoms with E-state index >= 15 is 0 Å². The Morgan fingerprint density at radius 3 is 2.63 bits per heavy atom. The Hall–Kier alpha value is -2.81. The normalized spacial score (nSPS) is 15.6. The number of aromatic nitrogens is 4. The zero-order valence-electron chi connectivity index (χ0n) is 15.7. The number of ether oxygens (including phenoxy) is 1. The fourth-order valence-electron chi connectivity index (χ4n) is 2.85. The Balaban J connectivity index is 1.85. The number of aromatic amines is 1. The Morgan fingerprint density at radius 1 is 1.26 bits per heavy atom. The van der Waals surface area contributed by atoms with Gasteiger partial charge in [-0.05, 0) is 12.8 Å². The van der Waals surface area contributed by atoms with Crippen LogP contribution in [-0.4, -0.2) is 52.1 Å². The summed E-state index contributed by atoms with van der Waals surface area (Å²) in [6.45, 7) is 8.22. The predicted octanol–water partition coefficient (Wildman–Crippen LogP) is 0.832. The Morgan fingerprint density at radius 2 is 2.00 bits per heavy atom. The first-order valence-electron chi connectivity index (χ1n) is 8.97. The van der Waals surface area contributed by atoms with E-state index < -0.39 is 6.04 Å². The summed E-state index contributed by atoms with van der Waals surface area (Å²) in [6, 6.07) is 0.998. The van der Waals surface area contributed by atoms with Crippen LogP contribution in [0.25, 0.3) is 0 Å². The summed E-state index contributed by atoms with van der Waals surface area (Å²) in [5.41, 5.74) is 1.23. The minimum absolute atomic E-state index is 0.0270. The number of hydrogen-bond donors (Lipinski definition) is 2. The maximum atomic E-state index is 12.6. The molecule has 0 aromatic carbocycles. The van der Waals surface area contributed by atoms with Gasteiger partial charge in [-0.1, -0.05) is 13.8 Å². The van der Waals surface area contributed by atoms with Crippen LogP contribution in [0.5, 0.6) is 0 Å². The Kier molecular flexibility index (Phi) is 5.80. The van der Waals surface area contributed by atoms with Crippen molar-refractivity contribution in [3.63, 3.8) is 0 Å². The van der Waals surface area contributed by atoms with Gasteiger partial charge in [0.2, 0.25) is 5.95 Å². The Labute approximate surface area is 157 Å². The summed E-state index contributed by atoms with van der Waals surface area (Å²) >= 11 is 0. The smallest absolute Gasteiger partial charge is 0.272 e. The van der Waals surface area contributed by atoms with Crippen molar-refractivity contribution in [3.8, 4) is 0 Å². The van der Waals surface area contributed by atoms with Crippen molar-refractivity contribution in [2.45, 2.75) is 26.8 Å². The summed E-state index contributed by atoms with van der Waals surface area (Å²) in [4.78, 5) is 42.3. The molecule has 1 amide bonds. The molecule has 9 nitrogen and oxygen atoms in total. The molecule has 1 aliphatic rings. The molecule has 1 aliphatic heterocycles. The van der Waals surface area contributed by atoms with E-state index in [-0.39, 0.29) is 23.1 Å². The number of amides is 1. The third-order valence-electron chi connectivity index (χ3n) is 4.35.